The molecule has 3 nitrogen and oxygen atoms in total. The summed E-state index contributed by atoms with van der Waals surface area (Å²) in [7, 11) is 0. The number of rotatable bonds is 2. The highest BCUT2D eigenvalue weighted by atomic mass is 15.0. The van der Waals surface area contributed by atoms with Crippen molar-refractivity contribution < 1.29 is 0 Å². The van der Waals surface area contributed by atoms with Crippen LogP contribution >= 0.6 is 0 Å². The minimum absolute atomic E-state index is 0.536. The standard InChI is InChI=1S/C11H13N.C10H12N2.2C2H6/c1-9(2)12-8-7-10-5-3-4-6-11(10)12;1-7(2)8-6-12-9-4-3-5-11-10(8)9;2*1-2/h3-9H,1-2H3;3-7,12H,1-2H3;2*1-2H3. The molecule has 3 heteroatoms. The van der Waals surface area contributed by atoms with Crippen LogP contribution in [0.15, 0.2) is 61.1 Å². The average molecular weight is 380 g/mol. The van der Waals surface area contributed by atoms with Gasteiger partial charge in [-0.15, -0.1) is 0 Å². The summed E-state index contributed by atoms with van der Waals surface area (Å²) < 4.78 is 2.29. The second-order valence-corrected chi connectivity index (χ2v) is 6.67. The Hall–Kier alpha value is -2.55. The van der Waals surface area contributed by atoms with Gasteiger partial charge in [0.1, 0.15) is 0 Å². The zero-order chi connectivity index (χ0) is 21.1. The number of aromatic nitrogens is 3. The number of para-hydroxylation sites is 1. The molecule has 4 rings (SSSR count). The van der Waals surface area contributed by atoms with Crippen LogP contribution in [-0.2, 0) is 0 Å². The van der Waals surface area contributed by atoms with Crippen LogP contribution in [0.4, 0.5) is 0 Å². The lowest BCUT2D eigenvalue weighted by Crippen LogP contribution is -1.97. The lowest BCUT2D eigenvalue weighted by Gasteiger charge is -2.08. The summed E-state index contributed by atoms with van der Waals surface area (Å²) in [5.41, 5.74) is 4.85. The molecule has 1 aromatic carbocycles. The molecule has 0 bridgehead atoms. The normalized spacial score (nSPS) is 10.1. The molecule has 0 atom stereocenters. The first-order chi connectivity index (χ1) is 13.6. The molecule has 0 radical (unpaired) electrons. The molecular weight excluding hydrogens is 342 g/mol. The van der Waals surface area contributed by atoms with Crippen molar-refractivity contribution in [1.29, 1.82) is 0 Å². The van der Waals surface area contributed by atoms with Gasteiger partial charge < -0.3 is 9.55 Å². The molecule has 0 spiro atoms. The summed E-state index contributed by atoms with van der Waals surface area (Å²) in [5, 5.41) is 1.33. The summed E-state index contributed by atoms with van der Waals surface area (Å²) in [6, 6.07) is 15.2. The van der Waals surface area contributed by atoms with Gasteiger partial charge in [0.2, 0.25) is 0 Å². The van der Waals surface area contributed by atoms with Crippen molar-refractivity contribution in [3.05, 3.63) is 66.6 Å². The Bertz CT molecular complexity index is 851. The van der Waals surface area contributed by atoms with E-state index in [1.807, 2.05) is 52.2 Å². The van der Waals surface area contributed by atoms with Crippen molar-refractivity contribution in [2.45, 2.75) is 67.3 Å². The molecule has 152 valence electrons. The number of nitrogens with one attached hydrogen (secondary N) is 1. The number of pyridine rings is 1. The molecule has 3 aromatic heterocycles. The Labute approximate surface area is 170 Å². The van der Waals surface area contributed by atoms with Crippen LogP contribution in [0.3, 0.4) is 0 Å². The van der Waals surface area contributed by atoms with Crippen molar-refractivity contribution in [3.8, 4) is 0 Å². The highest BCUT2D eigenvalue weighted by Gasteiger charge is 2.06. The van der Waals surface area contributed by atoms with Gasteiger partial charge in [0, 0.05) is 30.1 Å². The predicted octanol–water partition coefficient (Wildman–Crippen LogP) is 7.96. The largest absolute Gasteiger partial charge is 0.360 e. The van der Waals surface area contributed by atoms with Gasteiger partial charge in [-0.2, -0.15) is 0 Å². The highest BCUT2D eigenvalue weighted by molar-refractivity contribution is 5.80. The Balaban J connectivity index is 0.000000238. The molecule has 0 saturated heterocycles. The van der Waals surface area contributed by atoms with Gasteiger partial charge in [0.25, 0.3) is 0 Å². The van der Waals surface area contributed by atoms with E-state index in [1.54, 1.807) is 0 Å². The number of benzene rings is 1. The molecule has 1 N–H and O–H groups in total. The van der Waals surface area contributed by atoms with Crippen LogP contribution in [-0.4, -0.2) is 14.5 Å². The van der Waals surface area contributed by atoms with Crippen LogP contribution in [0.2, 0.25) is 0 Å². The van der Waals surface area contributed by atoms with E-state index in [1.165, 1.54) is 16.5 Å². The van der Waals surface area contributed by atoms with Crippen molar-refractivity contribution >= 4 is 21.9 Å². The van der Waals surface area contributed by atoms with Gasteiger partial charge in [-0.05, 0) is 55.0 Å². The van der Waals surface area contributed by atoms with Gasteiger partial charge in [-0.25, -0.2) is 0 Å². The van der Waals surface area contributed by atoms with Gasteiger partial charge in [-0.1, -0.05) is 59.7 Å². The summed E-state index contributed by atoms with van der Waals surface area (Å²) in [6.07, 6.45) is 6.03. The lowest BCUT2D eigenvalue weighted by atomic mass is 10.1. The fourth-order valence-electron chi connectivity index (χ4n) is 2.97. The molecule has 0 aliphatic rings. The van der Waals surface area contributed by atoms with Crippen molar-refractivity contribution in [2.24, 2.45) is 0 Å². The Morgan fingerprint density at radius 2 is 1.54 bits per heavy atom. The number of hydrogen-bond acceptors (Lipinski definition) is 1. The summed E-state index contributed by atoms with van der Waals surface area (Å²) in [4.78, 5) is 7.54. The third kappa shape index (κ3) is 5.72. The van der Waals surface area contributed by atoms with E-state index in [4.69, 9.17) is 0 Å². The second kappa shape index (κ2) is 12.0. The monoisotopic (exact) mass is 379 g/mol. The SMILES string of the molecule is CC.CC.CC(C)c1c[nH]c2cccnc12.CC(C)n1ccc2ccccc21. The summed E-state index contributed by atoms with van der Waals surface area (Å²) in [6.45, 7) is 16.8. The van der Waals surface area contributed by atoms with E-state index in [0.29, 0.717) is 12.0 Å². The first-order valence-corrected chi connectivity index (χ1v) is 10.6. The molecule has 0 unspecified atom stereocenters. The smallest absolute Gasteiger partial charge is 0.0913 e. The van der Waals surface area contributed by atoms with E-state index in [2.05, 4.69) is 78.8 Å². The number of hydrogen-bond donors (Lipinski definition) is 1. The molecular formula is C25H37N3. The molecule has 0 aliphatic heterocycles. The van der Waals surface area contributed by atoms with Crippen LogP contribution in [0.5, 0.6) is 0 Å². The zero-order valence-electron chi connectivity index (χ0n) is 18.8. The van der Waals surface area contributed by atoms with E-state index >= 15 is 0 Å². The van der Waals surface area contributed by atoms with Gasteiger partial charge in [-0.3, -0.25) is 4.98 Å². The summed E-state index contributed by atoms with van der Waals surface area (Å²) >= 11 is 0. The molecule has 0 aliphatic carbocycles. The minimum atomic E-state index is 0.536. The Morgan fingerprint density at radius 1 is 0.857 bits per heavy atom. The van der Waals surface area contributed by atoms with Crippen LogP contribution < -0.4 is 0 Å². The summed E-state index contributed by atoms with van der Waals surface area (Å²) in [5.74, 6) is 0.536. The molecule has 3 heterocycles. The predicted molar refractivity (Wildman–Crippen MR) is 125 cm³/mol. The molecule has 4 aromatic rings. The first-order valence-electron chi connectivity index (χ1n) is 10.6. The van der Waals surface area contributed by atoms with Crippen LogP contribution in [0, 0.1) is 0 Å². The Morgan fingerprint density at radius 3 is 2.18 bits per heavy atom. The van der Waals surface area contributed by atoms with E-state index in [0.717, 1.165) is 11.0 Å². The number of fused-ring (bicyclic) bond motifs is 2. The fourth-order valence-corrected chi connectivity index (χ4v) is 2.97. The molecule has 0 saturated carbocycles. The maximum atomic E-state index is 4.33. The molecule has 28 heavy (non-hydrogen) atoms. The molecule has 0 amide bonds. The highest BCUT2D eigenvalue weighted by Crippen LogP contribution is 2.22. The first kappa shape index (κ1) is 23.5. The second-order valence-electron chi connectivity index (χ2n) is 6.67. The third-order valence-corrected chi connectivity index (χ3v) is 4.27. The maximum absolute atomic E-state index is 4.33. The maximum Gasteiger partial charge on any atom is 0.0913 e. The zero-order valence-corrected chi connectivity index (χ0v) is 18.8. The van der Waals surface area contributed by atoms with Crippen LogP contribution in [0.1, 0.15) is 72.9 Å². The average Bonchev–Trinajstić information content (AvgIpc) is 3.36. The van der Waals surface area contributed by atoms with Crippen molar-refractivity contribution in [1.82, 2.24) is 14.5 Å². The van der Waals surface area contributed by atoms with Crippen molar-refractivity contribution in [3.63, 3.8) is 0 Å². The van der Waals surface area contributed by atoms with Crippen LogP contribution in [0.25, 0.3) is 21.9 Å². The van der Waals surface area contributed by atoms with E-state index < -0.39 is 0 Å². The van der Waals surface area contributed by atoms with Gasteiger partial charge in [0.05, 0.1) is 11.0 Å². The van der Waals surface area contributed by atoms with E-state index in [9.17, 15) is 0 Å². The van der Waals surface area contributed by atoms with E-state index in [-0.39, 0.29) is 0 Å². The third-order valence-electron chi connectivity index (χ3n) is 4.27. The van der Waals surface area contributed by atoms with Crippen molar-refractivity contribution in [2.75, 3.05) is 0 Å². The topological polar surface area (TPSA) is 33.6 Å². The number of nitrogens with zero attached hydrogens (tertiary/aromatic N) is 2. The fraction of sp³-hybridized carbons (Fsp3) is 0.400. The number of aromatic amines is 1. The number of H-pyrrole nitrogens is 1. The van der Waals surface area contributed by atoms with Gasteiger partial charge in [0.15, 0.2) is 0 Å². The van der Waals surface area contributed by atoms with Gasteiger partial charge >= 0.3 is 0 Å². The molecule has 0 fully saturated rings. The minimum Gasteiger partial charge on any atom is -0.360 e. The Kier molecular flexibility index (Phi) is 10.1. The quantitative estimate of drug-likeness (QED) is 0.376. The lowest BCUT2D eigenvalue weighted by molar-refractivity contribution is 0.623.